The van der Waals surface area contributed by atoms with Crippen molar-refractivity contribution in [3.8, 4) is 0 Å². The molecule has 1 aromatic carbocycles. The van der Waals surface area contributed by atoms with E-state index in [-0.39, 0.29) is 18.6 Å². The van der Waals surface area contributed by atoms with E-state index in [1.807, 2.05) is 31.2 Å². The topological polar surface area (TPSA) is 58.6 Å². The van der Waals surface area contributed by atoms with Gasteiger partial charge in [0.05, 0.1) is 13.5 Å². The standard InChI is InChI=1S/C14H21NO3/c1-11(7-8-16)15-10-13-6-4-3-5-12(13)9-14(17)18-2/h3-6,11,15-16H,7-10H2,1-2H3. The second kappa shape index (κ2) is 7.84. The van der Waals surface area contributed by atoms with Crippen molar-refractivity contribution >= 4 is 5.97 Å². The summed E-state index contributed by atoms with van der Waals surface area (Å²) < 4.78 is 4.68. The van der Waals surface area contributed by atoms with E-state index in [2.05, 4.69) is 10.1 Å². The monoisotopic (exact) mass is 251 g/mol. The SMILES string of the molecule is COC(=O)Cc1ccccc1CNC(C)CCO. The van der Waals surface area contributed by atoms with Crippen LogP contribution in [0.5, 0.6) is 0 Å². The molecule has 4 heteroatoms. The number of aliphatic hydroxyl groups excluding tert-OH is 1. The van der Waals surface area contributed by atoms with Crippen molar-refractivity contribution in [3.05, 3.63) is 35.4 Å². The minimum absolute atomic E-state index is 0.179. The summed E-state index contributed by atoms with van der Waals surface area (Å²) in [6.45, 7) is 2.89. The largest absolute Gasteiger partial charge is 0.469 e. The van der Waals surface area contributed by atoms with Crippen LogP contribution in [0.4, 0.5) is 0 Å². The van der Waals surface area contributed by atoms with Crippen LogP contribution in [0.25, 0.3) is 0 Å². The Morgan fingerprint density at radius 1 is 1.39 bits per heavy atom. The van der Waals surface area contributed by atoms with E-state index in [1.165, 1.54) is 7.11 Å². The van der Waals surface area contributed by atoms with Crippen LogP contribution in [-0.4, -0.2) is 30.8 Å². The highest BCUT2D eigenvalue weighted by atomic mass is 16.5. The number of carbonyl (C=O) groups is 1. The predicted molar refractivity (Wildman–Crippen MR) is 70.2 cm³/mol. The number of rotatable bonds is 7. The average molecular weight is 251 g/mol. The summed E-state index contributed by atoms with van der Waals surface area (Å²) in [5.41, 5.74) is 2.07. The molecule has 1 aromatic rings. The molecule has 0 heterocycles. The van der Waals surface area contributed by atoms with Crippen molar-refractivity contribution < 1.29 is 14.6 Å². The van der Waals surface area contributed by atoms with E-state index in [4.69, 9.17) is 5.11 Å². The molecule has 1 rings (SSSR count). The van der Waals surface area contributed by atoms with Gasteiger partial charge in [0.25, 0.3) is 0 Å². The molecule has 100 valence electrons. The number of aliphatic hydroxyl groups is 1. The minimum Gasteiger partial charge on any atom is -0.469 e. The van der Waals surface area contributed by atoms with E-state index in [0.717, 1.165) is 17.5 Å². The smallest absolute Gasteiger partial charge is 0.309 e. The molecule has 4 nitrogen and oxygen atoms in total. The van der Waals surface area contributed by atoms with Gasteiger partial charge in [0.2, 0.25) is 0 Å². The Bertz CT molecular complexity index is 379. The molecule has 1 atom stereocenters. The Kier molecular flexibility index (Phi) is 6.39. The summed E-state index contributed by atoms with van der Waals surface area (Å²) in [6, 6.07) is 8.05. The zero-order valence-electron chi connectivity index (χ0n) is 11.0. The van der Waals surface area contributed by atoms with Gasteiger partial charge in [-0.1, -0.05) is 24.3 Å². The highest BCUT2D eigenvalue weighted by Gasteiger charge is 2.08. The molecular formula is C14H21NO3. The Morgan fingerprint density at radius 3 is 2.67 bits per heavy atom. The lowest BCUT2D eigenvalue weighted by molar-refractivity contribution is -0.139. The molecule has 0 aromatic heterocycles. The van der Waals surface area contributed by atoms with Crippen LogP contribution in [0.3, 0.4) is 0 Å². The zero-order chi connectivity index (χ0) is 13.4. The number of hydrogen-bond acceptors (Lipinski definition) is 4. The van der Waals surface area contributed by atoms with Crippen LogP contribution >= 0.6 is 0 Å². The van der Waals surface area contributed by atoms with E-state index < -0.39 is 0 Å². The minimum atomic E-state index is -0.231. The summed E-state index contributed by atoms with van der Waals surface area (Å²) in [5.74, 6) is -0.231. The number of methoxy groups -OCH3 is 1. The number of benzene rings is 1. The average Bonchev–Trinajstić information content (AvgIpc) is 2.38. The third-order valence-electron chi connectivity index (χ3n) is 2.88. The van der Waals surface area contributed by atoms with Crippen molar-refractivity contribution in [2.45, 2.75) is 32.4 Å². The van der Waals surface area contributed by atoms with Gasteiger partial charge in [-0.15, -0.1) is 0 Å². The maximum Gasteiger partial charge on any atom is 0.309 e. The van der Waals surface area contributed by atoms with Crippen LogP contribution < -0.4 is 5.32 Å². The lowest BCUT2D eigenvalue weighted by Gasteiger charge is -2.14. The van der Waals surface area contributed by atoms with Gasteiger partial charge in [-0.25, -0.2) is 0 Å². The molecule has 0 aliphatic rings. The van der Waals surface area contributed by atoms with Crippen molar-refractivity contribution in [1.29, 1.82) is 0 Å². The van der Waals surface area contributed by atoms with Crippen LogP contribution in [0.2, 0.25) is 0 Å². The molecule has 1 unspecified atom stereocenters. The maximum absolute atomic E-state index is 11.3. The quantitative estimate of drug-likeness (QED) is 0.716. The summed E-state index contributed by atoms with van der Waals surface area (Å²) in [6.07, 6.45) is 1.02. The number of carbonyl (C=O) groups excluding carboxylic acids is 1. The van der Waals surface area contributed by atoms with Crippen molar-refractivity contribution in [3.63, 3.8) is 0 Å². The van der Waals surface area contributed by atoms with Crippen LogP contribution in [-0.2, 0) is 22.5 Å². The fourth-order valence-corrected chi connectivity index (χ4v) is 1.71. The first-order valence-corrected chi connectivity index (χ1v) is 6.15. The second-order valence-electron chi connectivity index (χ2n) is 4.32. The molecule has 0 saturated heterocycles. The van der Waals surface area contributed by atoms with Gasteiger partial charge in [0, 0.05) is 19.2 Å². The first kappa shape index (κ1) is 14.7. The highest BCUT2D eigenvalue weighted by molar-refractivity contribution is 5.72. The number of nitrogens with one attached hydrogen (secondary N) is 1. The van der Waals surface area contributed by atoms with Gasteiger partial charge < -0.3 is 15.2 Å². The normalized spacial score (nSPS) is 12.2. The molecule has 0 amide bonds. The van der Waals surface area contributed by atoms with Crippen molar-refractivity contribution in [2.75, 3.05) is 13.7 Å². The lowest BCUT2D eigenvalue weighted by Crippen LogP contribution is -2.27. The lowest BCUT2D eigenvalue weighted by atomic mass is 10.0. The van der Waals surface area contributed by atoms with E-state index in [0.29, 0.717) is 13.0 Å². The Hall–Kier alpha value is -1.39. The van der Waals surface area contributed by atoms with Gasteiger partial charge in [-0.3, -0.25) is 4.79 Å². The maximum atomic E-state index is 11.3. The van der Waals surface area contributed by atoms with Crippen LogP contribution in [0, 0.1) is 0 Å². The molecule has 2 N–H and O–H groups in total. The third kappa shape index (κ3) is 4.85. The molecule has 18 heavy (non-hydrogen) atoms. The van der Waals surface area contributed by atoms with Gasteiger partial charge in [-0.2, -0.15) is 0 Å². The first-order valence-electron chi connectivity index (χ1n) is 6.15. The Balaban J connectivity index is 2.61. The zero-order valence-corrected chi connectivity index (χ0v) is 11.0. The molecule has 0 bridgehead atoms. The molecule has 0 aliphatic carbocycles. The summed E-state index contributed by atoms with van der Waals surface area (Å²) in [4.78, 5) is 11.3. The number of ether oxygens (including phenoxy) is 1. The number of hydrogen-bond donors (Lipinski definition) is 2. The van der Waals surface area contributed by atoms with Gasteiger partial charge >= 0.3 is 5.97 Å². The molecule has 0 fully saturated rings. The van der Waals surface area contributed by atoms with Crippen molar-refractivity contribution in [2.24, 2.45) is 0 Å². The van der Waals surface area contributed by atoms with Crippen molar-refractivity contribution in [1.82, 2.24) is 5.32 Å². The fourth-order valence-electron chi connectivity index (χ4n) is 1.71. The Morgan fingerprint density at radius 2 is 2.06 bits per heavy atom. The Labute approximate surface area is 108 Å². The predicted octanol–water partition coefficient (Wildman–Crippen LogP) is 1.26. The summed E-state index contributed by atoms with van der Waals surface area (Å²) >= 11 is 0. The summed E-state index contributed by atoms with van der Waals surface area (Å²) in [5, 5.41) is 12.2. The third-order valence-corrected chi connectivity index (χ3v) is 2.88. The number of esters is 1. The van der Waals surface area contributed by atoms with Gasteiger partial charge in [-0.05, 0) is 24.5 Å². The fraction of sp³-hybridized carbons (Fsp3) is 0.500. The van der Waals surface area contributed by atoms with Gasteiger partial charge in [0.15, 0.2) is 0 Å². The first-order chi connectivity index (χ1) is 8.67. The van der Waals surface area contributed by atoms with Crippen LogP contribution in [0.1, 0.15) is 24.5 Å². The van der Waals surface area contributed by atoms with E-state index >= 15 is 0 Å². The second-order valence-corrected chi connectivity index (χ2v) is 4.32. The molecule has 0 aliphatic heterocycles. The molecule has 0 spiro atoms. The molecular weight excluding hydrogens is 230 g/mol. The molecule has 0 radical (unpaired) electrons. The highest BCUT2D eigenvalue weighted by Crippen LogP contribution is 2.10. The van der Waals surface area contributed by atoms with Crippen LogP contribution in [0.15, 0.2) is 24.3 Å². The summed E-state index contributed by atoms with van der Waals surface area (Å²) in [7, 11) is 1.40. The van der Waals surface area contributed by atoms with E-state index in [1.54, 1.807) is 0 Å². The van der Waals surface area contributed by atoms with E-state index in [9.17, 15) is 4.79 Å². The molecule has 0 saturated carbocycles. The van der Waals surface area contributed by atoms with Gasteiger partial charge in [0.1, 0.15) is 0 Å².